The number of hydrogen-bond acceptors (Lipinski definition) is 4. The van der Waals surface area contributed by atoms with Gasteiger partial charge in [0.05, 0.1) is 23.0 Å². The van der Waals surface area contributed by atoms with Gasteiger partial charge in [0.25, 0.3) is 5.56 Å². The predicted molar refractivity (Wildman–Crippen MR) is 87.7 cm³/mol. The lowest BCUT2D eigenvalue weighted by atomic mass is 10.2. The van der Waals surface area contributed by atoms with Gasteiger partial charge in [-0.2, -0.15) is 0 Å². The summed E-state index contributed by atoms with van der Waals surface area (Å²) in [7, 11) is -3.10. The fourth-order valence-corrected chi connectivity index (χ4v) is 3.73. The van der Waals surface area contributed by atoms with Crippen LogP contribution in [0.4, 0.5) is 0 Å². The first-order valence-electron chi connectivity index (χ1n) is 6.28. The summed E-state index contributed by atoms with van der Waals surface area (Å²) in [4.78, 5) is 16.5. The standard InChI is InChI=1S/C13H15IN2O3S/c1-2-6-20(18,19)7-5-16-9-15-12-4-3-10(14)8-11(12)13(16)17/h3-4,8-9H,2,5-7H2,1H3. The molecule has 108 valence electrons. The zero-order chi connectivity index (χ0) is 14.8. The van der Waals surface area contributed by atoms with E-state index in [1.807, 2.05) is 13.0 Å². The molecule has 0 unspecified atom stereocenters. The highest BCUT2D eigenvalue weighted by molar-refractivity contribution is 14.1. The molecule has 0 saturated carbocycles. The van der Waals surface area contributed by atoms with Gasteiger partial charge in [0.15, 0.2) is 9.84 Å². The van der Waals surface area contributed by atoms with E-state index >= 15 is 0 Å². The fraction of sp³-hybridized carbons (Fsp3) is 0.385. The van der Waals surface area contributed by atoms with Gasteiger partial charge in [-0.3, -0.25) is 9.36 Å². The Morgan fingerprint density at radius 3 is 2.75 bits per heavy atom. The van der Waals surface area contributed by atoms with Gasteiger partial charge >= 0.3 is 0 Å². The highest BCUT2D eigenvalue weighted by atomic mass is 127. The van der Waals surface area contributed by atoms with Gasteiger partial charge in [-0.05, 0) is 47.2 Å². The molecule has 1 heterocycles. The number of benzene rings is 1. The van der Waals surface area contributed by atoms with Gasteiger partial charge in [0.2, 0.25) is 0 Å². The predicted octanol–water partition coefficient (Wildman–Crippen LogP) is 1.83. The molecule has 1 aromatic heterocycles. The van der Waals surface area contributed by atoms with Gasteiger partial charge in [-0.1, -0.05) is 6.92 Å². The second kappa shape index (κ2) is 6.21. The molecule has 0 amide bonds. The number of nitrogens with zero attached hydrogens (tertiary/aromatic N) is 2. The number of aryl methyl sites for hydroxylation is 1. The Balaban J connectivity index is 2.32. The Morgan fingerprint density at radius 2 is 2.05 bits per heavy atom. The molecule has 2 aromatic rings. The Hall–Kier alpha value is -0.960. The molecule has 0 N–H and O–H groups in total. The summed E-state index contributed by atoms with van der Waals surface area (Å²) in [6.07, 6.45) is 2.00. The molecule has 20 heavy (non-hydrogen) atoms. The van der Waals surface area contributed by atoms with E-state index in [1.165, 1.54) is 10.9 Å². The van der Waals surface area contributed by atoms with Crippen LogP contribution >= 0.6 is 22.6 Å². The highest BCUT2D eigenvalue weighted by Crippen LogP contribution is 2.11. The zero-order valence-electron chi connectivity index (χ0n) is 11.0. The minimum absolute atomic E-state index is 0.0299. The van der Waals surface area contributed by atoms with Crippen LogP contribution in [0.5, 0.6) is 0 Å². The molecule has 7 heteroatoms. The van der Waals surface area contributed by atoms with Crippen molar-refractivity contribution in [3.8, 4) is 0 Å². The van der Waals surface area contributed by atoms with E-state index in [9.17, 15) is 13.2 Å². The molecule has 2 rings (SSSR count). The number of hydrogen-bond donors (Lipinski definition) is 0. The third-order valence-electron chi connectivity index (χ3n) is 2.94. The summed E-state index contributed by atoms with van der Waals surface area (Å²) >= 11 is 2.13. The van der Waals surface area contributed by atoms with Crippen molar-refractivity contribution in [2.24, 2.45) is 0 Å². The molecule has 0 atom stereocenters. The highest BCUT2D eigenvalue weighted by Gasteiger charge is 2.11. The molecule has 5 nitrogen and oxygen atoms in total. The smallest absolute Gasteiger partial charge is 0.261 e. The van der Waals surface area contributed by atoms with Crippen LogP contribution in [0.15, 0.2) is 29.3 Å². The maximum atomic E-state index is 12.3. The van der Waals surface area contributed by atoms with Crippen molar-refractivity contribution < 1.29 is 8.42 Å². The quantitative estimate of drug-likeness (QED) is 0.711. The average molecular weight is 406 g/mol. The SMILES string of the molecule is CCCS(=O)(=O)CCn1cnc2ccc(I)cc2c1=O. The van der Waals surface area contributed by atoms with Crippen molar-refractivity contribution in [3.63, 3.8) is 0 Å². The lowest BCUT2D eigenvalue weighted by Crippen LogP contribution is -2.25. The van der Waals surface area contributed by atoms with E-state index in [1.54, 1.807) is 12.1 Å². The Bertz CT molecular complexity index is 784. The average Bonchev–Trinajstić information content (AvgIpc) is 2.38. The van der Waals surface area contributed by atoms with Crippen LogP contribution in [-0.4, -0.2) is 29.5 Å². The van der Waals surface area contributed by atoms with Crippen LogP contribution < -0.4 is 5.56 Å². The van der Waals surface area contributed by atoms with Crippen molar-refractivity contribution in [3.05, 3.63) is 38.5 Å². The zero-order valence-corrected chi connectivity index (χ0v) is 14.0. The second-order valence-electron chi connectivity index (χ2n) is 4.56. The first-order chi connectivity index (χ1) is 9.43. The third-order valence-corrected chi connectivity index (χ3v) is 5.45. The minimum atomic E-state index is -3.10. The van der Waals surface area contributed by atoms with E-state index in [2.05, 4.69) is 27.6 Å². The van der Waals surface area contributed by atoms with Crippen molar-refractivity contribution in [2.75, 3.05) is 11.5 Å². The summed E-state index contributed by atoms with van der Waals surface area (Å²) < 4.78 is 25.7. The van der Waals surface area contributed by atoms with E-state index < -0.39 is 9.84 Å². The Morgan fingerprint density at radius 1 is 1.30 bits per heavy atom. The van der Waals surface area contributed by atoms with E-state index in [-0.39, 0.29) is 23.6 Å². The number of sulfone groups is 1. The van der Waals surface area contributed by atoms with Gasteiger partial charge in [-0.25, -0.2) is 13.4 Å². The van der Waals surface area contributed by atoms with Gasteiger partial charge in [0.1, 0.15) is 0 Å². The fourth-order valence-electron chi connectivity index (χ4n) is 1.94. The summed E-state index contributed by atoms with van der Waals surface area (Å²) in [5, 5.41) is 0.521. The summed E-state index contributed by atoms with van der Waals surface area (Å²) in [5.41, 5.74) is 0.434. The van der Waals surface area contributed by atoms with Crippen molar-refractivity contribution in [1.82, 2.24) is 9.55 Å². The summed E-state index contributed by atoms with van der Waals surface area (Å²) in [6, 6.07) is 5.43. The van der Waals surface area contributed by atoms with Crippen molar-refractivity contribution >= 4 is 43.3 Å². The maximum Gasteiger partial charge on any atom is 0.261 e. The molecule has 0 aliphatic heterocycles. The van der Waals surface area contributed by atoms with Crippen LogP contribution in [0, 0.1) is 3.57 Å². The molecule has 0 radical (unpaired) electrons. The number of fused-ring (bicyclic) bond motifs is 1. The van der Waals surface area contributed by atoms with E-state index in [4.69, 9.17) is 0 Å². The normalized spacial score (nSPS) is 11.9. The third kappa shape index (κ3) is 3.57. The number of rotatable bonds is 5. The van der Waals surface area contributed by atoms with Crippen molar-refractivity contribution in [1.29, 1.82) is 0 Å². The molecule has 0 bridgehead atoms. The molecule has 1 aromatic carbocycles. The van der Waals surface area contributed by atoms with Gasteiger partial charge in [0, 0.05) is 15.9 Å². The minimum Gasteiger partial charge on any atom is -0.298 e. The number of aromatic nitrogens is 2. The van der Waals surface area contributed by atoms with Crippen molar-refractivity contribution in [2.45, 2.75) is 19.9 Å². The van der Waals surface area contributed by atoms with E-state index in [0.717, 1.165) is 3.57 Å². The van der Waals surface area contributed by atoms with Gasteiger partial charge in [-0.15, -0.1) is 0 Å². The Kier molecular flexibility index (Phi) is 4.79. The molecule has 0 saturated heterocycles. The van der Waals surface area contributed by atoms with Gasteiger partial charge < -0.3 is 0 Å². The lowest BCUT2D eigenvalue weighted by molar-refractivity contribution is 0.585. The Labute approximate surface area is 131 Å². The van der Waals surface area contributed by atoms with Crippen LogP contribution in [0.25, 0.3) is 10.9 Å². The largest absolute Gasteiger partial charge is 0.298 e. The van der Waals surface area contributed by atoms with Crippen LogP contribution in [0.2, 0.25) is 0 Å². The molecular formula is C13H15IN2O3S. The van der Waals surface area contributed by atoms with E-state index in [0.29, 0.717) is 17.3 Å². The molecule has 0 aliphatic rings. The lowest BCUT2D eigenvalue weighted by Gasteiger charge is -2.07. The first kappa shape index (κ1) is 15.4. The molecular weight excluding hydrogens is 391 g/mol. The monoisotopic (exact) mass is 406 g/mol. The summed E-state index contributed by atoms with van der Waals surface area (Å²) in [5.74, 6) is 0.124. The second-order valence-corrected chi connectivity index (χ2v) is 8.11. The van der Waals surface area contributed by atoms with Crippen LogP contribution in [-0.2, 0) is 16.4 Å². The first-order valence-corrected chi connectivity index (χ1v) is 9.18. The molecule has 0 fully saturated rings. The maximum absolute atomic E-state index is 12.3. The molecule has 0 aliphatic carbocycles. The molecule has 0 spiro atoms. The summed E-state index contributed by atoms with van der Waals surface area (Å²) in [6.45, 7) is 1.97. The topological polar surface area (TPSA) is 69.0 Å². The van der Waals surface area contributed by atoms with Crippen LogP contribution in [0.1, 0.15) is 13.3 Å². The number of halogens is 1. The van der Waals surface area contributed by atoms with Crippen LogP contribution in [0.3, 0.4) is 0 Å².